The highest BCUT2D eigenvalue weighted by atomic mass is 35.5. The van der Waals surface area contributed by atoms with Crippen LogP contribution < -0.4 is 9.47 Å². The first-order valence-electron chi connectivity index (χ1n) is 6.37. The summed E-state index contributed by atoms with van der Waals surface area (Å²) in [6.07, 6.45) is 0. The van der Waals surface area contributed by atoms with Crippen LogP contribution in [0.15, 0.2) is 42.5 Å². The summed E-state index contributed by atoms with van der Waals surface area (Å²) in [7, 11) is 3.24. The molecule has 21 heavy (non-hydrogen) atoms. The molecule has 0 aliphatic carbocycles. The van der Waals surface area contributed by atoms with Gasteiger partial charge in [-0.1, -0.05) is 11.6 Å². The van der Waals surface area contributed by atoms with Gasteiger partial charge < -0.3 is 9.47 Å². The van der Waals surface area contributed by atoms with Crippen LogP contribution in [0, 0.1) is 0 Å². The van der Waals surface area contributed by atoms with Gasteiger partial charge in [-0.15, -0.1) is 0 Å². The largest absolute Gasteiger partial charge is 0.497 e. The van der Waals surface area contributed by atoms with E-state index >= 15 is 0 Å². The second kappa shape index (κ2) is 5.58. The van der Waals surface area contributed by atoms with Gasteiger partial charge in [-0.3, -0.25) is 0 Å². The van der Waals surface area contributed by atoms with Crippen molar-refractivity contribution in [2.75, 3.05) is 14.2 Å². The highest BCUT2D eigenvalue weighted by molar-refractivity contribution is 6.34. The Balaban J connectivity index is 2.11. The minimum Gasteiger partial charge on any atom is -0.497 e. The monoisotopic (exact) mass is 300 g/mol. The van der Waals surface area contributed by atoms with Crippen LogP contribution in [-0.4, -0.2) is 24.2 Å². The third-order valence-electron chi connectivity index (χ3n) is 3.20. The van der Waals surface area contributed by atoms with E-state index in [2.05, 4.69) is 9.97 Å². The summed E-state index contributed by atoms with van der Waals surface area (Å²) >= 11 is 6.27. The molecule has 0 bridgehead atoms. The van der Waals surface area contributed by atoms with Crippen LogP contribution in [0.4, 0.5) is 0 Å². The number of benzene rings is 2. The number of ether oxygens (including phenoxy) is 2. The molecule has 2 aromatic carbocycles. The van der Waals surface area contributed by atoms with Crippen LogP contribution >= 0.6 is 11.6 Å². The van der Waals surface area contributed by atoms with Crippen LogP contribution in [0.2, 0.25) is 5.15 Å². The topological polar surface area (TPSA) is 44.2 Å². The third-order valence-corrected chi connectivity index (χ3v) is 3.49. The van der Waals surface area contributed by atoms with E-state index in [-0.39, 0.29) is 0 Å². The molecule has 0 spiro atoms. The molecule has 0 aliphatic rings. The van der Waals surface area contributed by atoms with Crippen LogP contribution in [0.25, 0.3) is 22.3 Å². The van der Waals surface area contributed by atoms with Gasteiger partial charge in [0.25, 0.3) is 0 Å². The first-order valence-corrected chi connectivity index (χ1v) is 6.75. The summed E-state index contributed by atoms with van der Waals surface area (Å²) in [6.45, 7) is 0. The lowest BCUT2D eigenvalue weighted by atomic mass is 10.2. The predicted molar refractivity (Wildman–Crippen MR) is 83.1 cm³/mol. The molecule has 0 fully saturated rings. The molecule has 1 heterocycles. The van der Waals surface area contributed by atoms with Crippen LogP contribution in [0.5, 0.6) is 11.5 Å². The van der Waals surface area contributed by atoms with Gasteiger partial charge >= 0.3 is 0 Å². The zero-order valence-electron chi connectivity index (χ0n) is 11.6. The average Bonchev–Trinajstić information content (AvgIpc) is 2.54. The molecule has 0 radical (unpaired) electrons. The number of rotatable bonds is 3. The highest BCUT2D eigenvalue weighted by Gasteiger charge is 2.09. The standard InChI is InChI=1S/C16H13ClN2O2/c1-20-11-5-3-10(4-6-11)16-18-14-8-7-12(21-2)9-13(14)15(17)19-16/h3-9H,1-2H3. The van der Waals surface area contributed by atoms with Crippen molar-refractivity contribution >= 4 is 22.5 Å². The summed E-state index contributed by atoms with van der Waals surface area (Å²) in [5, 5.41) is 1.18. The molecular weight excluding hydrogens is 288 g/mol. The minimum absolute atomic E-state index is 0.407. The van der Waals surface area contributed by atoms with Crippen molar-refractivity contribution in [3.63, 3.8) is 0 Å². The van der Waals surface area contributed by atoms with Gasteiger partial charge in [0.1, 0.15) is 16.7 Å². The van der Waals surface area contributed by atoms with Gasteiger partial charge in [-0.05, 0) is 42.5 Å². The maximum Gasteiger partial charge on any atom is 0.161 e. The van der Waals surface area contributed by atoms with E-state index in [9.17, 15) is 0 Å². The van der Waals surface area contributed by atoms with E-state index in [4.69, 9.17) is 21.1 Å². The van der Waals surface area contributed by atoms with Gasteiger partial charge in [0.15, 0.2) is 5.82 Å². The molecule has 0 saturated heterocycles. The van der Waals surface area contributed by atoms with E-state index in [1.165, 1.54) is 0 Å². The molecule has 0 N–H and O–H groups in total. The van der Waals surface area contributed by atoms with Crippen LogP contribution in [0.1, 0.15) is 0 Å². The quantitative estimate of drug-likeness (QED) is 0.687. The second-order valence-electron chi connectivity index (χ2n) is 4.45. The predicted octanol–water partition coefficient (Wildman–Crippen LogP) is 3.97. The Labute approximate surface area is 127 Å². The van der Waals surface area contributed by atoms with E-state index in [0.29, 0.717) is 11.0 Å². The van der Waals surface area contributed by atoms with Crippen molar-refractivity contribution in [2.45, 2.75) is 0 Å². The maximum atomic E-state index is 6.27. The zero-order valence-corrected chi connectivity index (χ0v) is 12.4. The highest BCUT2D eigenvalue weighted by Crippen LogP contribution is 2.28. The maximum absolute atomic E-state index is 6.27. The Morgan fingerprint density at radius 3 is 2.19 bits per heavy atom. The van der Waals surface area contributed by atoms with Crippen molar-refractivity contribution in [1.82, 2.24) is 9.97 Å². The van der Waals surface area contributed by atoms with Crippen molar-refractivity contribution in [2.24, 2.45) is 0 Å². The molecule has 0 unspecified atom stereocenters. The number of hydrogen-bond acceptors (Lipinski definition) is 4. The Bertz CT molecular complexity index is 788. The van der Waals surface area contributed by atoms with Crippen LogP contribution in [-0.2, 0) is 0 Å². The lowest BCUT2D eigenvalue weighted by molar-refractivity contribution is 0.415. The van der Waals surface area contributed by atoms with Gasteiger partial charge in [0, 0.05) is 10.9 Å². The smallest absolute Gasteiger partial charge is 0.161 e. The summed E-state index contributed by atoms with van der Waals surface area (Å²) in [4.78, 5) is 8.91. The fourth-order valence-corrected chi connectivity index (χ4v) is 2.30. The number of methoxy groups -OCH3 is 2. The minimum atomic E-state index is 0.407. The summed E-state index contributed by atoms with van der Waals surface area (Å²) in [5.74, 6) is 2.10. The summed E-state index contributed by atoms with van der Waals surface area (Å²) in [5.41, 5.74) is 1.66. The first-order chi connectivity index (χ1) is 10.2. The molecule has 0 saturated carbocycles. The van der Waals surface area contributed by atoms with Crippen LogP contribution in [0.3, 0.4) is 0 Å². The van der Waals surface area contributed by atoms with Crippen molar-refractivity contribution < 1.29 is 9.47 Å². The van der Waals surface area contributed by atoms with Crippen molar-refractivity contribution in [3.05, 3.63) is 47.6 Å². The third kappa shape index (κ3) is 2.62. The molecule has 106 valence electrons. The second-order valence-corrected chi connectivity index (χ2v) is 4.81. The normalized spacial score (nSPS) is 10.6. The Kier molecular flexibility index (Phi) is 3.62. The van der Waals surface area contributed by atoms with E-state index < -0.39 is 0 Å². The SMILES string of the molecule is COc1ccc(-c2nc(Cl)c3cc(OC)ccc3n2)cc1. The van der Waals surface area contributed by atoms with Crippen molar-refractivity contribution in [1.29, 1.82) is 0 Å². The molecule has 1 aromatic heterocycles. The lowest BCUT2D eigenvalue weighted by Crippen LogP contribution is -1.93. The Hall–Kier alpha value is -2.33. The summed E-state index contributed by atoms with van der Waals surface area (Å²) < 4.78 is 10.3. The Morgan fingerprint density at radius 2 is 1.52 bits per heavy atom. The zero-order chi connectivity index (χ0) is 14.8. The lowest BCUT2D eigenvalue weighted by Gasteiger charge is -2.07. The number of halogens is 1. The van der Waals surface area contributed by atoms with Crippen molar-refractivity contribution in [3.8, 4) is 22.9 Å². The molecule has 3 rings (SSSR count). The molecular formula is C16H13ClN2O2. The van der Waals surface area contributed by atoms with E-state index in [1.807, 2.05) is 42.5 Å². The average molecular weight is 301 g/mol. The fraction of sp³-hybridized carbons (Fsp3) is 0.125. The number of nitrogens with zero attached hydrogens (tertiary/aromatic N) is 2. The fourth-order valence-electron chi connectivity index (χ4n) is 2.07. The molecule has 0 amide bonds. The van der Waals surface area contributed by atoms with E-state index in [0.717, 1.165) is 28.0 Å². The molecule has 3 aromatic rings. The van der Waals surface area contributed by atoms with Gasteiger partial charge in [-0.2, -0.15) is 0 Å². The Morgan fingerprint density at radius 1 is 0.857 bits per heavy atom. The molecule has 5 heteroatoms. The molecule has 0 aliphatic heterocycles. The van der Waals surface area contributed by atoms with E-state index in [1.54, 1.807) is 14.2 Å². The first kappa shape index (κ1) is 13.6. The van der Waals surface area contributed by atoms with Gasteiger partial charge in [0.05, 0.1) is 19.7 Å². The summed E-state index contributed by atoms with van der Waals surface area (Å²) in [6, 6.07) is 13.1. The number of hydrogen-bond donors (Lipinski definition) is 0. The molecule has 4 nitrogen and oxygen atoms in total. The number of fused-ring (bicyclic) bond motifs is 1. The number of aromatic nitrogens is 2. The van der Waals surface area contributed by atoms with Gasteiger partial charge in [-0.25, -0.2) is 9.97 Å². The molecule has 0 atom stereocenters. The van der Waals surface area contributed by atoms with Gasteiger partial charge in [0.2, 0.25) is 0 Å².